The molecule has 0 aliphatic rings. The molecule has 2 unspecified atom stereocenters. The number of hydrogen-bond acceptors (Lipinski definition) is 3. The third-order valence-corrected chi connectivity index (χ3v) is 2.61. The van der Waals surface area contributed by atoms with Gasteiger partial charge in [-0.15, -0.1) is 0 Å². The predicted molar refractivity (Wildman–Crippen MR) is 64.0 cm³/mol. The van der Waals surface area contributed by atoms with E-state index < -0.39 is 0 Å². The van der Waals surface area contributed by atoms with E-state index in [0.29, 0.717) is 19.1 Å². The highest BCUT2D eigenvalue weighted by molar-refractivity contribution is 4.60. The van der Waals surface area contributed by atoms with Gasteiger partial charge >= 0.3 is 0 Å². The Labute approximate surface area is 94.3 Å². The maximum atomic E-state index is 5.76. The summed E-state index contributed by atoms with van der Waals surface area (Å²) in [6.07, 6.45) is 5.03. The van der Waals surface area contributed by atoms with E-state index in [1.807, 2.05) is 0 Å². The van der Waals surface area contributed by atoms with Gasteiger partial charge < -0.3 is 15.2 Å². The molecule has 0 aromatic carbocycles. The molecule has 0 saturated heterocycles. The van der Waals surface area contributed by atoms with Crippen LogP contribution in [0.2, 0.25) is 0 Å². The van der Waals surface area contributed by atoms with E-state index in [-0.39, 0.29) is 6.04 Å². The Balaban J connectivity index is 3.44. The van der Waals surface area contributed by atoms with Crippen molar-refractivity contribution < 1.29 is 9.47 Å². The summed E-state index contributed by atoms with van der Waals surface area (Å²) in [6, 6.07) is 0.0127. The number of nitrogens with two attached hydrogens (primary N) is 1. The molecule has 0 amide bonds. The molecule has 3 heteroatoms. The van der Waals surface area contributed by atoms with Crippen molar-refractivity contribution in [3.05, 3.63) is 0 Å². The van der Waals surface area contributed by atoms with Gasteiger partial charge in [0, 0.05) is 13.7 Å². The number of unbranched alkanes of at least 4 members (excludes halogenated alkanes) is 1. The van der Waals surface area contributed by atoms with Crippen LogP contribution in [0.5, 0.6) is 0 Å². The lowest BCUT2D eigenvalue weighted by Gasteiger charge is -2.16. The first-order valence-electron chi connectivity index (χ1n) is 6.06. The third-order valence-electron chi connectivity index (χ3n) is 2.61. The van der Waals surface area contributed by atoms with Gasteiger partial charge in [-0.25, -0.2) is 0 Å². The maximum Gasteiger partial charge on any atom is 0.0640 e. The monoisotopic (exact) mass is 217 g/mol. The van der Waals surface area contributed by atoms with Crippen LogP contribution in [0.4, 0.5) is 0 Å². The molecule has 92 valence electrons. The van der Waals surface area contributed by atoms with E-state index in [1.165, 1.54) is 25.7 Å². The summed E-state index contributed by atoms with van der Waals surface area (Å²) < 4.78 is 10.5. The average Bonchev–Trinajstić information content (AvgIpc) is 2.23. The fraction of sp³-hybridized carbons (Fsp3) is 1.00. The lowest BCUT2D eigenvalue weighted by molar-refractivity contribution is 0.0623. The maximum absolute atomic E-state index is 5.76. The van der Waals surface area contributed by atoms with E-state index in [1.54, 1.807) is 7.11 Å². The van der Waals surface area contributed by atoms with Crippen molar-refractivity contribution >= 4 is 0 Å². The van der Waals surface area contributed by atoms with Gasteiger partial charge in [0.05, 0.1) is 19.3 Å². The van der Waals surface area contributed by atoms with Crippen molar-refractivity contribution in [2.45, 2.75) is 45.6 Å². The Morgan fingerprint density at radius 3 is 2.40 bits per heavy atom. The topological polar surface area (TPSA) is 44.5 Å². The normalized spacial score (nSPS) is 15.2. The predicted octanol–water partition coefficient (Wildman–Crippen LogP) is 2.19. The smallest absolute Gasteiger partial charge is 0.0640 e. The molecule has 0 aromatic heterocycles. The standard InChI is InChI=1S/C12H27NO2/c1-4-6-7-11(5-2)8-15-10-12(13)9-14-3/h11-12H,4-10,13H2,1-3H3. The van der Waals surface area contributed by atoms with E-state index in [2.05, 4.69) is 13.8 Å². The SMILES string of the molecule is CCCCC(CC)COCC(N)COC. The highest BCUT2D eigenvalue weighted by Gasteiger charge is 2.07. The second-order valence-electron chi connectivity index (χ2n) is 4.17. The van der Waals surface area contributed by atoms with Crippen LogP contribution < -0.4 is 5.73 Å². The lowest BCUT2D eigenvalue weighted by Crippen LogP contribution is -2.31. The quantitative estimate of drug-likeness (QED) is 0.610. The molecule has 0 heterocycles. The number of ether oxygens (including phenoxy) is 2. The molecule has 2 N–H and O–H groups in total. The van der Waals surface area contributed by atoms with Crippen LogP contribution in [-0.2, 0) is 9.47 Å². The molecule has 0 aromatic rings. The van der Waals surface area contributed by atoms with Gasteiger partial charge in [0.25, 0.3) is 0 Å². The zero-order valence-electron chi connectivity index (χ0n) is 10.5. The zero-order valence-corrected chi connectivity index (χ0v) is 10.5. The highest BCUT2D eigenvalue weighted by Crippen LogP contribution is 2.12. The molecule has 2 atom stereocenters. The fourth-order valence-electron chi connectivity index (χ4n) is 1.55. The molecule has 0 radical (unpaired) electrons. The number of rotatable bonds is 10. The van der Waals surface area contributed by atoms with Crippen molar-refractivity contribution in [3.63, 3.8) is 0 Å². The van der Waals surface area contributed by atoms with Gasteiger partial charge in [0.15, 0.2) is 0 Å². The summed E-state index contributed by atoms with van der Waals surface area (Å²) in [5, 5.41) is 0. The van der Waals surface area contributed by atoms with Crippen molar-refractivity contribution in [3.8, 4) is 0 Å². The largest absolute Gasteiger partial charge is 0.383 e. The molecule has 0 spiro atoms. The van der Waals surface area contributed by atoms with Crippen LogP contribution in [-0.4, -0.2) is 33.0 Å². The highest BCUT2D eigenvalue weighted by atomic mass is 16.5. The third kappa shape index (κ3) is 8.85. The van der Waals surface area contributed by atoms with Crippen LogP contribution in [0.1, 0.15) is 39.5 Å². The van der Waals surface area contributed by atoms with Crippen LogP contribution >= 0.6 is 0 Å². The van der Waals surface area contributed by atoms with Crippen LogP contribution in [0, 0.1) is 5.92 Å². The first kappa shape index (κ1) is 14.9. The van der Waals surface area contributed by atoms with Crippen LogP contribution in [0.15, 0.2) is 0 Å². The van der Waals surface area contributed by atoms with Gasteiger partial charge in [-0.2, -0.15) is 0 Å². The van der Waals surface area contributed by atoms with E-state index in [0.717, 1.165) is 6.61 Å². The van der Waals surface area contributed by atoms with Crippen LogP contribution in [0.25, 0.3) is 0 Å². The Hall–Kier alpha value is -0.120. The van der Waals surface area contributed by atoms with E-state index >= 15 is 0 Å². The minimum atomic E-state index is 0.0127. The molecule has 0 rings (SSSR count). The van der Waals surface area contributed by atoms with Crippen molar-refractivity contribution in [2.75, 3.05) is 26.9 Å². The number of methoxy groups -OCH3 is 1. The molecular formula is C12H27NO2. The van der Waals surface area contributed by atoms with E-state index in [4.69, 9.17) is 15.2 Å². The summed E-state index contributed by atoms with van der Waals surface area (Å²) in [6.45, 7) is 6.47. The van der Waals surface area contributed by atoms with Gasteiger partial charge in [0.2, 0.25) is 0 Å². The zero-order chi connectivity index (χ0) is 11.5. The lowest BCUT2D eigenvalue weighted by atomic mass is 10.0. The van der Waals surface area contributed by atoms with Crippen LogP contribution in [0.3, 0.4) is 0 Å². The number of hydrogen-bond donors (Lipinski definition) is 1. The molecule has 0 bridgehead atoms. The second-order valence-corrected chi connectivity index (χ2v) is 4.17. The Morgan fingerprint density at radius 2 is 1.87 bits per heavy atom. The molecule has 0 aliphatic carbocycles. The molecule has 3 nitrogen and oxygen atoms in total. The molecule has 0 saturated carbocycles. The summed E-state index contributed by atoms with van der Waals surface area (Å²) >= 11 is 0. The second kappa shape index (κ2) is 10.4. The first-order chi connectivity index (χ1) is 7.24. The Bertz CT molecular complexity index is 131. The summed E-state index contributed by atoms with van der Waals surface area (Å²) in [7, 11) is 1.66. The molecule has 0 fully saturated rings. The van der Waals surface area contributed by atoms with Gasteiger partial charge in [0.1, 0.15) is 0 Å². The summed E-state index contributed by atoms with van der Waals surface area (Å²) in [4.78, 5) is 0. The van der Waals surface area contributed by atoms with Crippen molar-refractivity contribution in [1.29, 1.82) is 0 Å². The van der Waals surface area contributed by atoms with Gasteiger partial charge in [-0.05, 0) is 12.3 Å². The summed E-state index contributed by atoms with van der Waals surface area (Å²) in [5.41, 5.74) is 5.76. The minimum Gasteiger partial charge on any atom is -0.383 e. The molecular weight excluding hydrogens is 190 g/mol. The minimum absolute atomic E-state index is 0.0127. The molecule has 0 aliphatic heterocycles. The summed E-state index contributed by atoms with van der Waals surface area (Å²) in [5.74, 6) is 0.694. The Kier molecular flexibility index (Phi) is 10.3. The fourth-order valence-corrected chi connectivity index (χ4v) is 1.55. The first-order valence-corrected chi connectivity index (χ1v) is 6.06. The van der Waals surface area contributed by atoms with Gasteiger partial charge in [-0.3, -0.25) is 0 Å². The van der Waals surface area contributed by atoms with Gasteiger partial charge in [-0.1, -0.05) is 33.1 Å². The average molecular weight is 217 g/mol. The van der Waals surface area contributed by atoms with Crippen molar-refractivity contribution in [1.82, 2.24) is 0 Å². The Morgan fingerprint density at radius 1 is 1.13 bits per heavy atom. The van der Waals surface area contributed by atoms with E-state index in [9.17, 15) is 0 Å². The molecule has 15 heavy (non-hydrogen) atoms. The van der Waals surface area contributed by atoms with Crippen molar-refractivity contribution in [2.24, 2.45) is 11.7 Å².